The van der Waals surface area contributed by atoms with Crippen molar-refractivity contribution in [3.8, 4) is 0 Å². The highest BCUT2D eigenvalue weighted by Crippen LogP contribution is 2.51. The Labute approximate surface area is 239 Å². The summed E-state index contributed by atoms with van der Waals surface area (Å²) in [5, 5.41) is 5.99. The molecule has 0 bridgehead atoms. The zero-order chi connectivity index (χ0) is 29.2. The molecular formula is C31H46N3O5P. The van der Waals surface area contributed by atoms with E-state index in [1.165, 1.54) is 11.1 Å². The standard InChI is InChI=1S/C31H46N3O5P/c1-6-38-40(37,39-7-2)23-25-11-13-27(14-12-25)32-29(35)15-16-30(36)33-28-17-19-31(20-18-28,34(4)5)22-26-10-8-9-24(3)21-26/h8-14,21,28H,6-7,15-20,22-23H2,1-5H3,(H,32,35)(H,33,36). The first-order chi connectivity index (χ1) is 19.1. The Morgan fingerprint density at radius 1 is 0.950 bits per heavy atom. The molecule has 0 radical (unpaired) electrons. The summed E-state index contributed by atoms with van der Waals surface area (Å²) in [6, 6.07) is 16.0. The van der Waals surface area contributed by atoms with E-state index in [2.05, 4.69) is 60.8 Å². The smallest absolute Gasteiger partial charge is 0.335 e. The summed E-state index contributed by atoms with van der Waals surface area (Å²) in [6.07, 6.45) is 5.31. The minimum Gasteiger partial charge on any atom is -0.353 e. The van der Waals surface area contributed by atoms with E-state index in [-0.39, 0.29) is 42.4 Å². The molecule has 1 aliphatic carbocycles. The van der Waals surface area contributed by atoms with E-state index < -0.39 is 7.60 Å². The van der Waals surface area contributed by atoms with Gasteiger partial charge < -0.3 is 24.6 Å². The fourth-order valence-electron chi connectivity index (χ4n) is 5.47. The van der Waals surface area contributed by atoms with Crippen LogP contribution in [0.3, 0.4) is 0 Å². The van der Waals surface area contributed by atoms with Gasteiger partial charge in [-0.15, -0.1) is 0 Å². The highest BCUT2D eigenvalue weighted by Gasteiger charge is 2.37. The molecule has 220 valence electrons. The van der Waals surface area contributed by atoms with E-state index in [9.17, 15) is 14.2 Å². The molecule has 2 N–H and O–H groups in total. The van der Waals surface area contributed by atoms with Crippen LogP contribution in [0.2, 0.25) is 0 Å². The summed E-state index contributed by atoms with van der Waals surface area (Å²) in [5.74, 6) is -0.306. The number of benzene rings is 2. The molecule has 2 aromatic rings. The lowest BCUT2D eigenvalue weighted by molar-refractivity contribution is -0.125. The van der Waals surface area contributed by atoms with Crippen molar-refractivity contribution < 1.29 is 23.2 Å². The Balaban J connectivity index is 1.42. The maximum atomic E-state index is 12.7. The predicted octanol–water partition coefficient (Wildman–Crippen LogP) is 6.08. The van der Waals surface area contributed by atoms with Crippen molar-refractivity contribution in [3.05, 3.63) is 65.2 Å². The van der Waals surface area contributed by atoms with Gasteiger partial charge in [-0.05, 0) is 90.2 Å². The second-order valence-corrected chi connectivity index (χ2v) is 13.0. The molecular weight excluding hydrogens is 525 g/mol. The van der Waals surface area contributed by atoms with Gasteiger partial charge >= 0.3 is 7.60 Å². The van der Waals surface area contributed by atoms with E-state index in [4.69, 9.17) is 9.05 Å². The molecule has 0 unspecified atom stereocenters. The molecule has 2 aromatic carbocycles. The van der Waals surface area contributed by atoms with Gasteiger partial charge in [-0.3, -0.25) is 14.2 Å². The number of aryl methyl sites for hydroxylation is 1. The third-order valence-electron chi connectivity index (χ3n) is 7.69. The summed E-state index contributed by atoms with van der Waals surface area (Å²) >= 11 is 0. The van der Waals surface area contributed by atoms with E-state index in [0.29, 0.717) is 18.9 Å². The SMILES string of the molecule is CCOP(=O)(Cc1ccc(NC(=O)CCC(=O)NC2CCC(Cc3cccc(C)c3)(N(C)C)CC2)cc1)OCC. The lowest BCUT2D eigenvalue weighted by Crippen LogP contribution is -2.52. The van der Waals surface area contributed by atoms with E-state index >= 15 is 0 Å². The average molecular weight is 572 g/mol. The van der Waals surface area contributed by atoms with Crippen molar-refractivity contribution >= 4 is 25.1 Å². The highest BCUT2D eigenvalue weighted by atomic mass is 31.2. The second-order valence-electron chi connectivity index (χ2n) is 11.0. The average Bonchev–Trinajstić information content (AvgIpc) is 2.90. The molecule has 0 atom stereocenters. The zero-order valence-corrected chi connectivity index (χ0v) is 25.6. The Kier molecular flexibility index (Phi) is 11.9. The summed E-state index contributed by atoms with van der Waals surface area (Å²) < 4.78 is 23.4. The van der Waals surface area contributed by atoms with Gasteiger partial charge in [0.2, 0.25) is 11.8 Å². The number of rotatable bonds is 14. The molecule has 1 saturated carbocycles. The Morgan fingerprint density at radius 3 is 2.15 bits per heavy atom. The number of amides is 2. The third-order valence-corrected chi connectivity index (χ3v) is 9.75. The van der Waals surface area contributed by atoms with Crippen LogP contribution < -0.4 is 10.6 Å². The number of carbonyl (C=O) groups excluding carboxylic acids is 2. The molecule has 2 amide bonds. The minimum absolute atomic E-state index is 0.0888. The first-order valence-corrected chi connectivity index (χ1v) is 16.1. The molecule has 9 heteroatoms. The maximum absolute atomic E-state index is 12.7. The van der Waals surface area contributed by atoms with Crippen LogP contribution in [0, 0.1) is 6.92 Å². The first-order valence-electron chi connectivity index (χ1n) is 14.4. The van der Waals surface area contributed by atoms with Crippen LogP contribution in [0.1, 0.15) is 69.1 Å². The lowest BCUT2D eigenvalue weighted by Gasteiger charge is -2.45. The van der Waals surface area contributed by atoms with Crippen molar-refractivity contribution in [2.75, 3.05) is 32.6 Å². The van der Waals surface area contributed by atoms with Gasteiger partial charge in [0.15, 0.2) is 0 Å². The fraction of sp³-hybridized carbons (Fsp3) is 0.548. The third kappa shape index (κ3) is 9.55. The molecule has 0 heterocycles. The first kappa shape index (κ1) is 32.0. The largest absolute Gasteiger partial charge is 0.353 e. The maximum Gasteiger partial charge on any atom is 0.335 e. The number of hydrogen-bond donors (Lipinski definition) is 2. The fourth-order valence-corrected chi connectivity index (χ4v) is 7.18. The summed E-state index contributed by atoms with van der Waals surface area (Å²) in [4.78, 5) is 27.4. The van der Waals surface area contributed by atoms with Crippen molar-refractivity contribution in [3.63, 3.8) is 0 Å². The molecule has 8 nitrogen and oxygen atoms in total. The van der Waals surface area contributed by atoms with E-state index in [1.54, 1.807) is 38.1 Å². The van der Waals surface area contributed by atoms with E-state index in [1.807, 2.05) is 0 Å². The predicted molar refractivity (Wildman–Crippen MR) is 161 cm³/mol. The van der Waals surface area contributed by atoms with Gasteiger partial charge in [0, 0.05) is 30.1 Å². The van der Waals surface area contributed by atoms with Crippen molar-refractivity contribution in [1.29, 1.82) is 0 Å². The molecule has 1 fully saturated rings. The molecule has 0 aromatic heterocycles. The highest BCUT2D eigenvalue weighted by molar-refractivity contribution is 7.53. The summed E-state index contributed by atoms with van der Waals surface area (Å²) in [6.45, 7) is 6.31. The monoisotopic (exact) mass is 571 g/mol. The van der Waals surface area contributed by atoms with Crippen LogP contribution in [-0.2, 0) is 35.8 Å². The normalized spacial score (nSPS) is 19.4. The van der Waals surface area contributed by atoms with Gasteiger partial charge in [0.25, 0.3) is 0 Å². The van der Waals surface area contributed by atoms with Crippen molar-refractivity contribution in [2.45, 2.75) is 83.5 Å². The number of nitrogens with zero attached hydrogens (tertiary/aromatic N) is 1. The van der Waals surface area contributed by atoms with Gasteiger partial charge in [-0.1, -0.05) is 42.0 Å². The van der Waals surface area contributed by atoms with Crippen LogP contribution in [0.5, 0.6) is 0 Å². The minimum atomic E-state index is -3.19. The Morgan fingerprint density at radius 2 is 1.57 bits per heavy atom. The zero-order valence-electron chi connectivity index (χ0n) is 24.7. The van der Waals surface area contributed by atoms with Gasteiger partial charge in [-0.2, -0.15) is 0 Å². The topological polar surface area (TPSA) is 97.0 Å². The van der Waals surface area contributed by atoms with Crippen molar-refractivity contribution in [2.24, 2.45) is 0 Å². The number of carbonyl (C=O) groups is 2. The number of nitrogens with one attached hydrogen (secondary N) is 2. The van der Waals surface area contributed by atoms with Crippen molar-refractivity contribution in [1.82, 2.24) is 10.2 Å². The number of hydrogen-bond acceptors (Lipinski definition) is 6. The molecule has 1 aliphatic rings. The summed E-state index contributed by atoms with van der Waals surface area (Å²) in [7, 11) is 1.12. The molecule has 0 saturated heterocycles. The number of likely N-dealkylation sites (N-methyl/N-ethyl adjacent to an activating group) is 1. The van der Waals surface area contributed by atoms with E-state index in [0.717, 1.165) is 37.7 Å². The second kappa shape index (κ2) is 14.9. The quantitative estimate of drug-likeness (QED) is 0.267. The van der Waals surface area contributed by atoms with Crippen LogP contribution in [0.15, 0.2) is 48.5 Å². The number of anilines is 1. The van der Waals surface area contributed by atoms with Crippen LogP contribution in [0.4, 0.5) is 5.69 Å². The Bertz CT molecular complexity index is 1150. The van der Waals surface area contributed by atoms with Crippen LogP contribution in [0.25, 0.3) is 0 Å². The van der Waals surface area contributed by atoms with Gasteiger partial charge in [0.05, 0.1) is 19.4 Å². The molecule has 0 aliphatic heterocycles. The summed E-state index contributed by atoms with van der Waals surface area (Å²) in [5.41, 5.74) is 4.14. The molecule has 3 rings (SSSR count). The molecule has 40 heavy (non-hydrogen) atoms. The molecule has 0 spiro atoms. The van der Waals surface area contributed by atoms with Crippen LogP contribution >= 0.6 is 7.60 Å². The van der Waals surface area contributed by atoms with Gasteiger partial charge in [0.1, 0.15) is 0 Å². The van der Waals surface area contributed by atoms with Gasteiger partial charge in [-0.25, -0.2) is 0 Å². The Hall–Kier alpha value is -2.51. The van der Waals surface area contributed by atoms with Crippen LogP contribution in [-0.4, -0.2) is 55.6 Å². The lowest BCUT2D eigenvalue weighted by atomic mass is 9.74.